The van der Waals surface area contributed by atoms with E-state index in [0.717, 1.165) is 54.5 Å². The maximum Gasteiger partial charge on any atom is 0.227 e. The van der Waals surface area contributed by atoms with Gasteiger partial charge in [-0.3, -0.25) is 0 Å². The van der Waals surface area contributed by atoms with E-state index in [1.807, 2.05) is 19.3 Å². The molecular weight excluding hydrogens is 384 g/mol. The fourth-order valence-corrected chi connectivity index (χ4v) is 4.00. The number of rotatable bonds is 5. The maximum absolute atomic E-state index is 4.91. The molecule has 2 N–H and O–H groups in total. The lowest BCUT2D eigenvalue weighted by Gasteiger charge is -2.20. The smallest absolute Gasteiger partial charge is 0.227 e. The zero-order valence-corrected chi connectivity index (χ0v) is 17.9. The van der Waals surface area contributed by atoms with Crippen LogP contribution in [-0.4, -0.2) is 26.1 Å². The van der Waals surface area contributed by atoms with Crippen molar-refractivity contribution in [3.8, 4) is 5.69 Å². The van der Waals surface area contributed by atoms with Crippen LogP contribution in [0, 0.1) is 13.8 Å². The van der Waals surface area contributed by atoms with Gasteiger partial charge >= 0.3 is 0 Å². The van der Waals surface area contributed by atoms with Gasteiger partial charge in [0.2, 0.25) is 5.95 Å². The summed E-state index contributed by atoms with van der Waals surface area (Å²) in [6.45, 7) is 5.89. The number of benzene rings is 2. The first-order valence-electron chi connectivity index (χ1n) is 10.7. The molecule has 6 nitrogen and oxygen atoms in total. The van der Waals surface area contributed by atoms with Crippen LogP contribution >= 0.6 is 0 Å². The van der Waals surface area contributed by atoms with E-state index in [9.17, 15) is 0 Å². The number of nitrogens with one attached hydrogen (secondary N) is 2. The first kappa shape index (κ1) is 19.5. The number of aryl methyl sites for hydroxylation is 2. The van der Waals surface area contributed by atoms with Crippen molar-refractivity contribution in [2.75, 3.05) is 11.9 Å². The first-order chi connectivity index (χ1) is 15.2. The predicted octanol–water partition coefficient (Wildman–Crippen LogP) is 4.26. The van der Waals surface area contributed by atoms with Gasteiger partial charge in [-0.05, 0) is 43.7 Å². The van der Waals surface area contributed by atoms with Crippen LogP contribution in [0.25, 0.3) is 5.69 Å². The number of imidazole rings is 1. The lowest BCUT2D eigenvalue weighted by atomic mass is 10.00. The van der Waals surface area contributed by atoms with E-state index in [4.69, 9.17) is 9.97 Å². The summed E-state index contributed by atoms with van der Waals surface area (Å²) in [5.74, 6) is 1.63. The number of hydrogen-bond donors (Lipinski definition) is 2. The molecule has 156 valence electrons. The summed E-state index contributed by atoms with van der Waals surface area (Å²) >= 11 is 0. The monoisotopic (exact) mass is 410 g/mol. The molecule has 6 heteroatoms. The summed E-state index contributed by atoms with van der Waals surface area (Å²) in [4.78, 5) is 14.0. The number of hydrogen-bond acceptors (Lipinski definition) is 5. The largest absolute Gasteiger partial charge is 0.324 e. The van der Waals surface area contributed by atoms with E-state index >= 15 is 0 Å². The summed E-state index contributed by atoms with van der Waals surface area (Å²) in [7, 11) is 0. The van der Waals surface area contributed by atoms with E-state index in [0.29, 0.717) is 5.95 Å². The molecule has 3 heterocycles. The number of anilines is 2. The van der Waals surface area contributed by atoms with Gasteiger partial charge in [-0.25, -0.2) is 15.0 Å². The molecule has 0 saturated carbocycles. The Kier molecular flexibility index (Phi) is 5.22. The average Bonchev–Trinajstić information content (AvgIpc) is 3.22. The minimum atomic E-state index is 0.661. The van der Waals surface area contributed by atoms with Gasteiger partial charge in [0.25, 0.3) is 0 Å². The molecule has 1 aliphatic heterocycles. The zero-order valence-electron chi connectivity index (χ0n) is 17.9. The van der Waals surface area contributed by atoms with Crippen LogP contribution in [0.2, 0.25) is 0 Å². The van der Waals surface area contributed by atoms with Gasteiger partial charge in [0, 0.05) is 55.3 Å². The van der Waals surface area contributed by atoms with Gasteiger partial charge < -0.3 is 15.2 Å². The lowest BCUT2D eigenvalue weighted by molar-refractivity contribution is 0.619. The third-order valence-electron chi connectivity index (χ3n) is 5.74. The predicted molar refractivity (Wildman–Crippen MR) is 123 cm³/mol. The highest BCUT2D eigenvalue weighted by Gasteiger charge is 2.18. The molecule has 0 atom stereocenters. The minimum absolute atomic E-state index is 0.661. The Hall–Kier alpha value is -3.51. The van der Waals surface area contributed by atoms with Crippen molar-refractivity contribution in [1.29, 1.82) is 0 Å². The summed E-state index contributed by atoms with van der Waals surface area (Å²) in [5, 5.41) is 6.87. The minimum Gasteiger partial charge on any atom is -0.324 e. The Morgan fingerprint density at radius 2 is 1.81 bits per heavy atom. The Morgan fingerprint density at radius 3 is 2.55 bits per heavy atom. The standard InChI is InChI=1S/C25H26N6/c1-17-3-5-19(6-4-17)15-24-22-16-26-12-11-23(22)29-25(30-24)28-20-7-9-21(10-8-20)31-14-13-27-18(31)2/h3-10,13-14,26H,11-12,15-16H2,1-2H3,(H,28,29,30). The molecule has 4 aromatic rings. The maximum atomic E-state index is 4.91. The molecule has 5 rings (SSSR count). The second-order valence-electron chi connectivity index (χ2n) is 8.02. The SMILES string of the molecule is Cc1ccc(Cc2nc(Nc3ccc(-n4ccnc4C)cc3)nc3c2CNCC3)cc1. The topological polar surface area (TPSA) is 67.7 Å². The molecule has 0 radical (unpaired) electrons. The number of nitrogens with zero attached hydrogens (tertiary/aromatic N) is 4. The highest BCUT2D eigenvalue weighted by Crippen LogP contribution is 2.23. The normalized spacial score (nSPS) is 13.1. The van der Waals surface area contributed by atoms with Gasteiger partial charge in [0.05, 0.1) is 11.4 Å². The summed E-state index contributed by atoms with van der Waals surface area (Å²) in [6, 6.07) is 16.9. The quantitative estimate of drug-likeness (QED) is 0.515. The van der Waals surface area contributed by atoms with Crippen LogP contribution in [0.1, 0.15) is 33.9 Å². The molecular formula is C25H26N6. The molecule has 31 heavy (non-hydrogen) atoms. The van der Waals surface area contributed by atoms with Crippen LogP contribution in [-0.2, 0) is 19.4 Å². The molecule has 0 fully saturated rings. The Morgan fingerprint density at radius 1 is 1.00 bits per heavy atom. The van der Waals surface area contributed by atoms with Crippen LogP contribution in [0.4, 0.5) is 11.6 Å². The first-order valence-corrected chi connectivity index (χ1v) is 10.7. The molecule has 0 spiro atoms. The Labute approximate surface area is 182 Å². The summed E-state index contributed by atoms with van der Waals surface area (Å²) in [5.41, 5.74) is 8.06. The van der Waals surface area contributed by atoms with Gasteiger partial charge in [0.15, 0.2) is 0 Å². The number of fused-ring (bicyclic) bond motifs is 1. The van der Waals surface area contributed by atoms with Crippen molar-refractivity contribution >= 4 is 11.6 Å². The second kappa shape index (κ2) is 8.32. The van der Waals surface area contributed by atoms with E-state index in [1.165, 1.54) is 16.7 Å². The second-order valence-corrected chi connectivity index (χ2v) is 8.02. The van der Waals surface area contributed by atoms with Crippen molar-refractivity contribution in [2.45, 2.75) is 33.2 Å². The van der Waals surface area contributed by atoms with E-state index in [-0.39, 0.29) is 0 Å². The highest BCUT2D eigenvalue weighted by atomic mass is 15.1. The van der Waals surface area contributed by atoms with Crippen LogP contribution in [0.3, 0.4) is 0 Å². The van der Waals surface area contributed by atoms with Gasteiger partial charge in [-0.15, -0.1) is 0 Å². The molecule has 0 unspecified atom stereocenters. The lowest BCUT2D eigenvalue weighted by Crippen LogP contribution is -2.27. The van der Waals surface area contributed by atoms with Crippen LogP contribution < -0.4 is 10.6 Å². The van der Waals surface area contributed by atoms with Crippen LogP contribution in [0.5, 0.6) is 0 Å². The summed E-state index contributed by atoms with van der Waals surface area (Å²) < 4.78 is 2.06. The van der Waals surface area contributed by atoms with E-state index in [1.54, 1.807) is 0 Å². The third-order valence-corrected chi connectivity index (χ3v) is 5.74. The molecule has 0 saturated heterocycles. The van der Waals surface area contributed by atoms with Gasteiger partial charge in [-0.1, -0.05) is 29.8 Å². The van der Waals surface area contributed by atoms with Gasteiger partial charge in [-0.2, -0.15) is 0 Å². The Bertz CT molecular complexity index is 1190. The van der Waals surface area contributed by atoms with Crippen molar-refractivity contribution in [1.82, 2.24) is 24.8 Å². The molecule has 0 bridgehead atoms. The molecule has 2 aromatic carbocycles. The molecule has 1 aliphatic rings. The van der Waals surface area contributed by atoms with Crippen molar-refractivity contribution in [2.24, 2.45) is 0 Å². The Balaban J connectivity index is 1.42. The van der Waals surface area contributed by atoms with E-state index < -0.39 is 0 Å². The number of aromatic nitrogens is 4. The van der Waals surface area contributed by atoms with Crippen LogP contribution in [0.15, 0.2) is 60.9 Å². The highest BCUT2D eigenvalue weighted by molar-refractivity contribution is 5.56. The fourth-order valence-electron chi connectivity index (χ4n) is 4.00. The zero-order chi connectivity index (χ0) is 21.2. The molecule has 2 aromatic heterocycles. The van der Waals surface area contributed by atoms with Crippen molar-refractivity contribution < 1.29 is 0 Å². The van der Waals surface area contributed by atoms with E-state index in [2.05, 4.69) is 75.6 Å². The molecule has 0 amide bonds. The van der Waals surface area contributed by atoms with Crippen molar-refractivity contribution in [3.63, 3.8) is 0 Å². The molecule has 0 aliphatic carbocycles. The van der Waals surface area contributed by atoms with Crippen molar-refractivity contribution in [3.05, 3.63) is 94.8 Å². The third kappa shape index (κ3) is 4.20. The van der Waals surface area contributed by atoms with Gasteiger partial charge in [0.1, 0.15) is 5.82 Å². The fraction of sp³-hybridized carbons (Fsp3) is 0.240. The summed E-state index contributed by atoms with van der Waals surface area (Å²) in [6.07, 6.45) is 5.51. The average molecular weight is 411 g/mol.